The number of aryl methyl sites for hydroxylation is 1. The lowest BCUT2D eigenvalue weighted by molar-refractivity contribution is 0.651. The van der Waals surface area contributed by atoms with E-state index in [0.717, 1.165) is 12.8 Å². The van der Waals surface area contributed by atoms with E-state index in [-0.39, 0.29) is 6.04 Å². The second kappa shape index (κ2) is 6.39. The van der Waals surface area contributed by atoms with Crippen LogP contribution in [0.3, 0.4) is 0 Å². The van der Waals surface area contributed by atoms with Crippen molar-refractivity contribution in [3.63, 3.8) is 0 Å². The predicted octanol–water partition coefficient (Wildman–Crippen LogP) is 3.39. The SMILES string of the molecule is CN(C)c1ccc(C(N)CCc2ccccc2)cc1. The summed E-state index contributed by atoms with van der Waals surface area (Å²) in [5.74, 6) is 0. The average Bonchev–Trinajstić information content (AvgIpc) is 2.46. The van der Waals surface area contributed by atoms with Crippen LogP contribution in [0, 0.1) is 0 Å². The standard InChI is InChI=1S/C17H22N2/c1-19(2)16-11-9-15(10-12-16)17(18)13-8-14-6-4-3-5-7-14/h3-7,9-12,17H,8,13,18H2,1-2H3. The van der Waals surface area contributed by atoms with Crippen molar-refractivity contribution in [2.75, 3.05) is 19.0 Å². The van der Waals surface area contributed by atoms with Gasteiger partial charge in [-0.2, -0.15) is 0 Å². The molecule has 0 aromatic heterocycles. The summed E-state index contributed by atoms with van der Waals surface area (Å²) in [6, 6.07) is 19.1. The zero-order chi connectivity index (χ0) is 13.7. The Kier molecular flexibility index (Phi) is 4.58. The Morgan fingerprint density at radius 2 is 1.58 bits per heavy atom. The first-order chi connectivity index (χ1) is 9.16. The van der Waals surface area contributed by atoms with Crippen molar-refractivity contribution in [3.05, 3.63) is 65.7 Å². The molecule has 100 valence electrons. The second-order valence-corrected chi connectivity index (χ2v) is 5.12. The van der Waals surface area contributed by atoms with E-state index >= 15 is 0 Å². The summed E-state index contributed by atoms with van der Waals surface area (Å²) in [6.07, 6.45) is 2.00. The van der Waals surface area contributed by atoms with Gasteiger partial charge >= 0.3 is 0 Å². The largest absolute Gasteiger partial charge is 0.378 e. The van der Waals surface area contributed by atoms with Crippen molar-refractivity contribution in [3.8, 4) is 0 Å². The summed E-state index contributed by atoms with van der Waals surface area (Å²) in [5.41, 5.74) is 10.0. The van der Waals surface area contributed by atoms with Gasteiger partial charge in [0.2, 0.25) is 0 Å². The molecule has 2 aromatic carbocycles. The molecule has 0 aliphatic heterocycles. The molecule has 0 aliphatic carbocycles. The highest BCUT2D eigenvalue weighted by molar-refractivity contribution is 5.46. The van der Waals surface area contributed by atoms with Crippen LogP contribution in [0.1, 0.15) is 23.6 Å². The first kappa shape index (κ1) is 13.6. The number of rotatable bonds is 5. The molecule has 1 atom stereocenters. The van der Waals surface area contributed by atoms with E-state index in [9.17, 15) is 0 Å². The molecule has 2 heteroatoms. The Hall–Kier alpha value is -1.80. The first-order valence-electron chi connectivity index (χ1n) is 6.73. The Bertz CT molecular complexity index is 488. The van der Waals surface area contributed by atoms with Crippen LogP contribution >= 0.6 is 0 Å². The molecule has 0 bridgehead atoms. The Labute approximate surface area is 115 Å². The summed E-state index contributed by atoms with van der Waals surface area (Å²) >= 11 is 0. The van der Waals surface area contributed by atoms with Crippen LogP contribution in [-0.4, -0.2) is 14.1 Å². The van der Waals surface area contributed by atoms with Crippen LogP contribution in [0.15, 0.2) is 54.6 Å². The predicted molar refractivity (Wildman–Crippen MR) is 82.5 cm³/mol. The third-order valence-electron chi connectivity index (χ3n) is 3.42. The van der Waals surface area contributed by atoms with Crippen LogP contribution < -0.4 is 10.6 Å². The molecule has 0 amide bonds. The van der Waals surface area contributed by atoms with Gasteiger partial charge in [0.25, 0.3) is 0 Å². The number of nitrogens with two attached hydrogens (primary N) is 1. The van der Waals surface area contributed by atoms with Gasteiger partial charge in [0, 0.05) is 25.8 Å². The molecule has 0 saturated heterocycles. The van der Waals surface area contributed by atoms with Gasteiger partial charge in [-0.05, 0) is 36.1 Å². The molecule has 1 unspecified atom stereocenters. The molecule has 2 aromatic rings. The van der Waals surface area contributed by atoms with Crippen molar-refractivity contribution in [2.24, 2.45) is 5.73 Å². The minimum absolute atomic E-state index is 0.108. The molecule has 0 aliphatic rings. The summed E-state index contributed by atoms with van der Waals surface area (Å²) in [4.78, 5) is 2.10. The molecule has 2 rings (SSSR count). The summed E-state index contributed by atoms with van der Waals surface area (Å²) in [5, 5.41) is 0. The molecule has 19 heavy (non-hydrogen) atoms. The van der Waals surface area contributed by atoms with Crippen molar-refractivity contribution >= 4 is 5.69 Å². The fourth-order valence-corrected chi connectivity index (χ4v) is 2.15. The Morgan fingerprint density at radius 3 is 2.16 bits per heavy atom. The van der Waals surface area contributed by atoms with Gasteiger partial charge in [0.05, 0.1) is 0 Å². The van der Waals surface area contributed by atoms with Crippen molar-refractivity contribution in [2.45, 2.75) is 18.9 Å². The summed E-state index contributed by atoms with van der Waals surface area (Å²) < 4.78 is 0. The lowest BCUT2D eigenvalue weighted by atomic mass is 9.99. The van der Waals surface area contributed by atoms with E-state index in [4.69, 9.17) is 5.73 Å². The van der Waals surface area contributed by atoms with Gasteiger partial charge in [-0.3, -0.25) is 0 Å². The van der Waals surface area contributed by atoms with Crippen LogP contribution in [0.4, 0.5) is 5.69 Å². The van der Waals surface area contributed by atoms with E-state index in [1.165, 1.54) is 16.8 Å². The number of nitrogens with zero attached hydrogens (tertiary/aromatic N) is 1. The van der Waals surface area contributed by atoms with Gasteiger partial charge in [-0.25, -0.2) is 0 Å². The fraction of sp³-hybridized carbons (Fsp3) is 0.294. The smallest absolute Gasteiger partial charge is 0.0361 e. The van der Waals surface area contributed by atoms with E-state index < -0.39 is 0 Å². The van der Waals surface area contributed by atoms with E-state index in [0.29, 0.717) is 0 Å². The van der Waals surface area contributed by atoms with Crippen molar-refractivity contribution in [1.82, 2.24) is 0 Å². The van der Waals surface area contributed by atoms with Gasteiger partial charge in [0.1, 0.15) is 0 Å². The van der Waals surface area contributed by atoms with Gasteiger partial charge in [-0.1, -0.05) is 42.5 Å². The minimum atomic E-state index is 0.108. The van der Waals surface area contributed by atoms with Crippen LogP contribution in [-0.2, 0) is 6.42 Å². The number of anilines is 1. The molecule has 0 spiro atoms. The van der Waals surface area contributed by atoms with Crippen LogP contribution in [0.2, 0.25) is 0 Å². The highest BCUT2D eigenvalue weighted by Gasteiger charge is 2.06. The van der Waals surface area contributed by atoms with E-state index in [1.807, 2.05) is 20.2 Å². The molecule has 2 N–H and O–H groups in total. The molecular formula is C17H22N2. The molecule has 0 fully saturated rings. The molecule has 0 saturated carbocycles. The normalized spacial score (nSPS) is 12.2. The number of hydrogen-bond acceptors (Lipinski definition) is 2. The average molecular weight is 254 g/mol. The van der Waals surface area contributed by atoms with E-state index in [1.54, 1.807) is 0 Å². The Morgan fingerprint density at radius 1 is 0.947 bits per heavy atom. The number of hydrogen-bond donors (Lipinski definition) is 1. The van der Waals surface area contributed by atoms with Crippen molar-refractivity contribution in [1.29, 1.82) is 0 Å². The fourth-order valence-electron chi connectivity index (χ4n) is 2.15. The maximum absolute atomic E-state index is 6.26. The number of benzene rings is 2. The molecule has 0 heterocycles. The van der Waals surface area contributed by atoms with Crippen LogP contribution in [0.25, 0.3) is 0 Å². The third-order valence-corrected chi connectivity index (χ3v) is 3.42. The zero-order valence-electron chi connectivity index (χ0n) is 11.7. The third kappa shape index (κ3) is 3.83. The lowest BCUT2D eigenvalue weighted by Gasteiger charge is -2.16. The monoisotopic (exact) mass is 254 g/mol. The van der Waals surface area contributed by atoms with Gasteiger partial charge < -0.3 is 10.6 Å². The maximum Gasteiger partial charge on any atom is 0.0361 e. The summed E-state index contributed by atoms with van der Waals surface area (Å²) in [6.45, 7) is 0. The molecular weight excluding hydrogens is 232 g/mol. The molecule has 0 radical (unpaired) electrons. The topological polar surface area (TPSA) is 29.3 Å². The van der Waals surface area contributed by atoms with Gasteiger partial charge in [0.15, 0.2) is 0 Å². The lowest BCUT2D eigenvalue weighted by Crippen LogP contribution is -2.12. The summed E-state index contributed by atoms with van der Waals surface area (Å²) in [7, 11) is 4.09. The van der Waals surface area contributed by atoms with E-state index in [2.05, 4.69) is 53.4 Å². The maximum atomic E-state index is 6.26. The van der Waals surface area contributed by atoms with Crippen molar-refractivity contribution < 1.29 is 0 Å². The second-order valence-electron chi connectivity index (χ2n) is 5.12. The zero-order valence-corrected chi connectivity index (χ0v) is 11.7. The highest BCUT2D eigenvalue weighted by atomic mass is 15.1. The first-order valence-corrected chi connectivity index (χ1v) is 6.73. The highest BCUT2D eigenvalue weighted by Crippen LogP contribution is 2.20. The van der Waals surface area contributed by atoms with Gasteiger partial charge in [-0.15, -0.1) is 0 Å². The Balaban J connectivity index is 1.94. The minimum Gasteiger partial charge on any atom is -0.378 e. The quantitative estimate of drug-likeness (QED) is 0.886. The molecule has 2 nitrogen and oxygen atoms in total. The van der Waals surface area contributed by atoms with Crippen LogP contribution in [0.5, 0.6) is 0 Å².